The maximum absolute atomic E-state index is 10.9. The highest BCUT2D eigenvalue weighted by Gasteiger charge is 2.21. The van der Waals surface area contributed by atoms with E-state index in [1.165, 1.54) is 18.9 Å². The third kappa shape index (κ3) is 3.09. The summed E-state index contributed by atoms with van der Waals surface area (Å²) in [5.41, 5.74) is 1.46. The smallest absolute Gasteiger partial charge is 0.288 e. The number of hydrogen-bond donors (Lipinski definition) is 1. The van der Waals surface area contributed by atoms with Gasteiger partial charge < -0.3 is 9.73 Å². The Hall–Kier alpha value is -1.85. The van der Waals surface area contributed by atoms with Crippen molar-refractivity contribution in [3.05, 3.63) is 50.7 Å². The number of nitrogens with zero attached hydrogens (tertiary/aromatic N) is 1. The molecular weight excluding hydrogens is 292 g/mol. The van der Waals surface area contributed by atoms with Gasteiger partial charge in [-0.1, -0.05) is 11.6 Å². The highest BCUT2D eigenvalue weighted by molar-refractivity contribution is 6.33. The minimum absolute atomic E-state index is 0.0832. The van der Waals surface area contributed by atoms with E-state index in [0.29, 0.717) is 18.3 Å². The van der Waals surface area contributed by atoms with Crippen molar-refractivity contribution in [3.63, 3.8) is 0 Å². The molecule has 1 aromatic carbocycles. The molecule has 0 aliphatic heterocycles. The first kappa shape index (κ1) is 14.1. The zero-order chi connectivity index (χ0) is 15.0. The third-order valence-corrected chi connectivity index (χ3v) is 3.86. The van der Waals surface area contributed by atoms with Crippen LogP contribution in [-0.4, -0.2) is 11.0 Å². The number of aryl methyl sites for hydroxylation is 1. The van der Waals surface area contributed by atoms with Crippen LogP contribution in [0.2, 0.25) is 5.02 Å². The van der Waals surface area contributed by atoms with Gasteiger partial charge in [0.2, 0.25) is 0 Å². The standard InChI is InChI=1S/C15H15ClN2O3/c1-9-6-14(18(19)20)13(16)7-12(9)15-5-4-11(21-15)8-17-10-2-3-10/h4-7,10,17H,2-3,8H2,1H3. The quantitative estimate of drug-likeness (QED) is 0.668. The van der Waals surface area contributed by atoms with Crippen molar-refractivity contribution in [1.82, 2.24) is 5.32 Å². The van der Waals surface area contributed by atoms with Crippen molar-refractivity contribution in [1.29, 1.82) is 0 Å². The van der Waals surface area contributed by atoms with Gasteiger partial charge in [-0.05, 0) is 43.5 Å². The lowest BCUT2D eigenvalue weighted by molar-refractivity contribution is -0.384. The first-order valence-electron chi connectivity index (χ1n) is 6.81. The Balaban J connectivity index is 1.85. The number of halogens is 1. The van der Waals surface area contributed by atoms with Crippen molar-refractivity contribution in [2.24, 2.45) is 0 Å². The number of rotatable bonds is 5. The molecule has 21 heavy (non-hydrogen) atoms. The molecule has 0 spiro atoms. The highest BCUT2D eigenvalue weighted by Crippen LogP contribution is 2.34. The fourth-order valence-electron chi connectivity index (χ4n) is 2.22. The maximum Gasteiger partial charge on any atom is 0.288 e. The highest BCUT2D eigenvalue weighted by atomic mass is 35.5. The van der Waals surface area contributed by atoms with Gasteiger partial charge in [0.05, 0.1) is 11.5 Å². The van der Waals surface area contributed by atoms with E-state index in [4.69, 9.17) is 16.0 Å². The fraction of sp³-hybridized carbons (Fsp3) is 0.333. The van der Waals surface area contributed by atoms with Crippen LogP contribution in [0.4, 0.5) is 5.69 Å². The van der Waals surface area contributed by atoms with Crippen molar-refractivity contribution < 1.29 is 9.34 Å². The predicted octanol–water partition coefficient (Wildman–Crippen LogP) is 4.07. The minimum Gasteiger partial charge on any atom is -0.460 e. The SMILES string of the molecule is Cc1cc([N+](=O)[O-])c(Cl)cc1-c1ccc(CNC2CC2)o1. The van der Waals surface area contributed by atoms with Crippen molar-refractivity contribution in [2.45, 2.75) is 32.4 Å². The first-order chi connectivity index (χ1) is 10.0. The molecule has 1 aliphatic carbocycles. The van der Waals surface area contributed by atoms with E-state index < -0.39 is 4.92 Å². The Bertz CT molecular complexity index is 692. The van der Waals surface area contributed by atoms with Gasteiger partial charge in [-0.3, -0.25) is 10.1 Å². The summed E-state index contributed by atoms with van der Waals surface area (Å²) in [6, 6.07) is 7.47. The second kappa shape index (κ2) is 5.50. The molecule has 5 nitrogen and oxygen atoms in total. The normalized spacial score (nSPS) is 14.4. The van der Waals surface area contributed by atoms with Gasteiger partial charge >= 0.3 is 0 Å². The van der Waals surface area contributed by atoms with Gasteiger partial charge in [-0.25, -0.2) is 0 Å². The van der Waals surface area contributed by atoms with Gasteiger partial charge in [0.25, 0.3) is 5.69 Å². The molecule has 3 rings (SSSR count). The van der Waals surface area contributed by atoms with Gasteiger partial charge in [0.15, 0.2) is 0 Å². The number of nitro benzene ring substituents is 1. The van der Waals surface area contributed by atoms with Crippen molar-refractivity contribution in [3.8, 4) is 11.3 Å². The summed E-state index contributed by atoms with van der Waals surface area (Å²) < 4.78 is 5.79. The zero-order valence-corrected chi connectivity index (χ0v) is 12.3. The average Bonchev–Trinajstić information content (AvgIpc) is 3.16. The Morgan fingerprint density at radius 1 is 1.43 bits per heavy atom. The van der Waals surface area contributed by atoms with Crippen LogP contribution in [0.25, 0.3) is 11.3 Å². The molecule has 1 aliphatic rings. The summed E-state index contributed by atoms with van der Waals surface area (Å²) >= 11 is 5.97. The Kier molecular flexibility index (Phi) is 3.69. The summed E-state index contributed by atoms with van der Waals surface area (Å²) in [6.45, 7) is 2.51. The molecule has 110 valence electrons. The zero-order valence-electron chi connectivity index (χ0n) is 11.6. The molecule has 2 aromatic rings. The monoisotopic (exact) mass is 306 g/mol. The Morgan fingerprint density at radius 3 is 2.86 bits per heavy atom. The van der Waals surface area contributed by atoms with Gasteiger partial charge in [0.1, 0.15) is 16.5 Å². The molecule has 1 fully saturated rings. The van der Waals surface area contributed by atoms with Gasteiger partial charge in [0, 0.05) is 17.7 Å². The molecule has 0 unspecified atom stereocenters. The van der Waals surface area contributed by atoms with E-state index in [0.717, 1.165) is 16.9 Å². The number of nitro groups is 1. The van der Waals surface area contributed by atoms with Crippen LogP contribution in [0.5, 0.6) is 0 Å². The minimum atomic E-state index is -0.480. The van der Waals surface area contributed by atoms with Crippen LogP contribution in [0.3, 0.4) is 0 Å². The fourth-order valence-corrected chi connectivity index (χ4v) is 2.45. The summed E-state index contributed by atoms with van der Waals surface area (Å²) in [4.78, 5) is 10.4. The Labute approximate surface area is 127 Å². The molecular formula is C15H15ClN2O3. The molecule has 0 saturated heterocycles. The largest absolute Gasteiger partial charge is 0.460 e. The van der Waals surface area contributed by atoms with Crippen molar-refractivity contribution >= 4 is 17.3 Å². The second-order valence-corrected chi connectivity index (χ2v) is 5.70. The molecule has 0 radical (unpaired) electrons. The van der Waals surface area contributed by atoms with E-state index in [2.05, 4.69) is 5.32 Å². The number of furan rings is 1. The number of nitrogens with one attached hydrogen (secondary N) is 1. The molecule has 0 bridgehead atoms. The summed E-state index contributed by atoms with van der Waals surface area (Å²) in [7, 11) is 0. The third-order valence-electron chi connectivity index (χ3n) is 3.56. The van der Waals surface area contributed by atoms with E-state index in [1.54, 1.807) is 6.07 Å². The van der Waals surface area contributed by atoms with Crippen LogP contribution in [-0.2, 0) is 6.54 Å². The van der Waals surface area contributed by atoms with Crippen LogP contribution >= 0.6 is 11.6 Å². The number of benzene rings is 1. The van der Waals surface area contributed by atoms with E-state index >= 15 is 0 Å². The van der Waals surface area contributed by atoms with Crippen LogP contribution < -0.4 is 5.32 Å². The number of hydrogen-bond acceptors (Lipinski definition) is 4. The van der Waals surface area contributed by atoms with Gasteiger partial charge in [-0.2, -0.15) is 0 Å². The first-order valence-corrected chi connectivity index (χ1v) is 7.19. The van der Waals surface area contributed by atoms with Gasteiger partial charge in [-0.15, -0.1) is 0 Å². The summed E-state index contributed by atoms with van der Waals surface area (Å²) in [5, 5.41) is 14.4. The van der Waals surface area contributed by atoms with Crippen LogP contribution in [0, 0.1) is 17.0 Å². The molecule has 1 aromatic heterocycles. The van der Waals surface area contributed by atoms with Crippen LogP contribution in [0.1, 0.15) is 24.2 Å². The average molecular weight is 307 g/mol. The lowest BCUT2D eigenvalue weighted by Crippen LogP contribution is -2.14. The maximum atomic E-state index is 10.9. The van der Waals surface area contributed by atoms with Crippen LogP contribution in [0.15, 0.2) is 28.7 Å². The summed E-state index contributed by atoms with van der Waals surface area (Å²) in [6.07, 6.45) is 2.45. The summed E-state index contributed by atoms with van der Waals surface area (Å²) in [5.74, 6) is 1.53. The lowest BCUT2D eigenvalue weighted by Gasteiger charge is -2.05. The van der Waals surface area contributed by atoms with E-state index in [9.17, 15) is 10.1 Å². The molecule has 1 saturated carbocycles. The molecule has 0 atom stereocenters. The molecule has 0 amide bonds. The molecule has 6 heteroatoms. The van der Waals surface area contributed by atoms with E-state index in [1.807, 2.05) is 19.1 Å². The van der Waals surface area contributed by atoms with E-state index in [-0.39, 0.29) is 10.7 Å². The molecule has 1 heterocycles. The van der Waals surface area contributed by atoms with Crippen molar-refractivity contribution in [2.75, 3.05) is 0 Å². The second-order valence-electron chi connectivity index (χ2n) is 5.30. The Morgan fingerprint density at radius 2 is 2.19 bits per heavy atom. The molecule has 1 N–H and O–H groups in total. The topological polar surface area (TPSA) is 68.3 Å². The predicted molar refractivity (Wildman–Crippen MR) is 80.4 cm³/mol. The lowest BCUT2D eigenvalue weighted by atomic mass is 10.1.